The molecule has 0 fully saturated rings. The first kappa shape index (κ1) is 38.4. The monoisotopic (exact) mass is 700 g/mol. The Balaban J connectivity index is 1.57. The average molecular weight is 701 g/mol. The summed E-state index contributed by atoms with van der Waals surface area (Å²) in [6.45, 7) is 5.91. The number of nitrogens with zero attached hydrogens (tertiary/aromatic N) is 2. The Morgan fingerprint density at radius 3 is 2.54 bits per heavy atom. The van der Waals surface area contributed by atoms with E-state index >= 15 is 0 Å². The van der Waals surface area contributed by atoms with E-state index in [-0.39, 0.29) is 54.7 Å². The molecule has 1 aliphatic rings. The molecule has 0 saturated carbocycles. The number of carbonyl (C=O) groups is 3. The molecule has 10 nitrogen and oxygen atoms in total. The van der Waals surface area contributed by atoms with Crippen molar-refractivity contribution in [2.45, 2.75) is 77.3 Å². The molecule has 13 heteroatoms. The normalized spacial score (nSPS) is 19.9. The van der Waals surface area contributed by atoms with Crippen molar-refractivity contribution in [2.24, 2.45) is 5.92 Å². The molecule has 4 amide bonds. The number of hydrogen-bond acceptors (Lipinski definition) is 6. The number of ether oxygens (including phenoxy) is 2. The minimum atomic E-state index is -4.48. The van der Waals surface area contributed by atoms with Crippen LogP contribution >= 0.6 is 0 Å². The van der Waals surface area contributed by atoms with Gasteiger partial charge in [0.25, 0.3) is 5.91 Å². The average Bonchev–Trinajstić information content (AvgIpc) is 3.08. The van der Waals surface area contributed by atoms with Gasteiger partial charge in [-0.05, 0) is 62.8 Å². The number of rotatable bonds is 8. The lowest BCUT2D eigenvalue weighted by molar-refractivity contribution is -0.142. The van der Waals surface area contributed by atoms with Crippen LogP contribution in [0.3, 0.4) is 0 Å². The van der Waals surface area contributed by atoms with E-state index in [1.54, 1.807) is 18.9 Å². The van der Waals surface area contributed by atoms with Gasteiger partial charge in [0.2, 0.25) is 5.91 Å². The Hall–Kier alpha value is -4.36. The molecule has 0 radical (unpaired) electrons. The van der Waals surface area contributed by atoms with Gasteiger partial charge in [-0.3, -0.25) is 9.59 Å². The van der Waals surface area contributed by atoms with Gasteiger partial charge in [-0.2, -0.15) is 13.2 Å². The maximum Gasteiger partial charge on any atom is 0.389 e. The lowest BCUT2D eigenvalue weighted by atomic mass is 10.0. The maximum absolute atomic E-state index is 14.3. The van der Waals surface area contributed by atoms with Crippen LogP contribution in [0.15, 0.2) is 60.7 Å². The van der Waals surface area contributed by atoms with Crippen LogP contribution < -0.4 is 15.4 Å². The summed E-state index contributed by atoms with van der Waals surface area (Å²) in [5.74, 6) is -1.39. The standard InChI is InChI=1S/C37H47F3N4O6/c1-24-21-44(25(2)23-45)35(47)30-20-28(41-34(46)17-18-37(38,39)40)15-16-32(30)50-26(3)10-7-8-19-49-33(24)22-43(4)36(48)42-31-14-9-12-27-11-5-6-13-29(27)31/h5-6,9,11-16,20,24-26,33,45H,7-8,10,17-19,21-23H2,1-4H3,(H,41,46)(H,42,48)/t24-,25+,26-,33+/m0/s1. The van der Waals surface area contributed by atoms with Crippen molar-refractivity contribution in [1.29, 1.82) is 0 Å². The van der Waals surface area contributed by atoms with Crippen LogP contribution in [0.1, 0.15) is 63.2 Å². The number of likely N-dealkylation sites (N-methyl/N-ethyl adjacent to an activating group) is 1. The van der Waals surface area contributed by atoms with Gasteiger partial charge in [-0.15, -0.1) is 0 Å². The highest BCUT2D eigenvalue weighted by atomic mass is 19.4. The van der Waals surface area contributed by atoms with Gasteiger partial charge in [0.15, 0.2) is 0 Å². The third-order valence-corrected chi connectivity index (χ3v) is 8.80. The van der Waals surface area contributed by atoms with Crippen molar-refractivity contribution in [3.63, 3.8) is 0 Å². The summed E-state index contributed by atoms with van der Waals surface area (Å²) in [4.78, 5) is 43.0. The van der Waals surface area contributed by atoms with Crippen molar-refractivity contribution in [1.82, 2.24) is 9.80 Å². The van der Waals surface area contributed by atoms with Crippen molar-refractivity contribution < 1.29 is 42.1 Å². The molecule has 4 rings (SSSR count). The molecule has 1 aliphatic heterocycles. The highest BCUT2D eigenvalue weighted by molar-refractivity contribution is 6.02. The van der Waals surface area contributed by atoms with Crippen LogP contribution in [-0.2, 0) is 9.53 Å². The molecule has 0 aliphatic carbocycles. The first-order valence-corrected chi connectivity index (χ1v) is 17.0. The number of aliphatic hydroxyl groups excluding tert-OH is 1. The largest absolute Gasteiger partial charge is 0.490 e. The minimum absolute atomic E-state index is 0.0964. The van der Waals surface area contributed by atoms with E-state index in [0.29, 0.717) is 18.7 Å². The van der Waals surface area contributed by atoms with Crippen molar-refractivity contribution in [2.75, 3.05) is 44.0 Å². The Labute approximate surface area is 290 Å². The Morgan fingerprint density at radius 1 is 1.06 bits per heavy atom. The number of carbonyl (C=O) groups excluding carboxylic acids is 3. The second-order valence-corrected chi connectivity index (χ2v) is 13.0. The zero-order valence-electron chi connectivity index (χ0n) is 29.0. The first-order valence-electron chi connectivity index (χ1n) is 17.0. The summed E-state index contributed by atoms with van der Waals surface area (Å²) in [5.41, 5.74) is 0.921. The Bertz CT molecular complexity index is 1610. The highest BCUT2D eigenvalue weighted by Crippen LogP contribution is 2.29. The van der Waals surface area contributed by atoms with Gasteiger partial charge < -0.3 is 35.0 Å². The van der Waals surface area contributed by atoms with E-state index in [1.807, 2.05) is 56.3 Å². The number of benzene rings is 3. The fourth-order valence-electron chi connectivity index (χ4n) is 5.84. The van der Waals surface area contributed by atoms with Gasteiger partial charge in [-0.25, -0.2) is 4.79 Å². The van der Waals surface area contributed by atoms with Crippen molar-refractivity contribution in [3.05, 3.63) is 66.2 Å². The summed E-state index contributed by atoms with van der Waals surface area (Å²) in [6, 6.07) is 16.9. The highest BCUT2D eigenvalue weighted by Gasteiger charge is 2.32. The molecular weight excluding hydrogens is 653 g/mol. The SMILES string of the molecule is C[C@H](CO)N1C[C@H](C)[C@@H](CN(C)C(=O)Nc2cccc3ccccc23)OCCCC[C@H](C)Oc2ccc(NC(=O)CCC(F)(F)F)cc2C1=O. The van der Waals surface area contributed by atoms with Gasteiger partial charge in [0.05, 0.1) is 42.5 Å². The molecule has 3 aromatic carbocycles. The molecule has 50 heavy (non-hydrogen) atoms. The van der Waals surface area contributed by atoms with E-state index in [9.17, 15) is 32.7 Å². The van der Waals surface area contributed by atoms with Crippen LogP contribution in [0.2, 0.25) is 0 Å². The third-order valence-electron chi connectivity index (χ3n) is 8.80. The second-order valence-electron chi connectivity index (χ2n) is 13.0. The smallest absolute Gasteiger partial charge is 0.389 e. The number of amides is 4. The van der Waals surface area contributed by atoms with Crippen LogP contribution in [0.25, 0.3) is 10.8 Å². The minimum Gasteiger partial charge on any atom is -0.490 e. The molecule has 0 aromatic heterocycles. The number of hydrogen-bond donors (Lipinski definition) is 3. The molecule has 3 N–H and O–H groups in total. The molecule has 0 bridgehead atoms. The third kappa shape index (κ3) is 10.8. The summed E-state index contributed by atoms with van der Waals surface area (Å²) in [6.07, 6.45) is -5.14. The maximum atomic E-state index is 14.3. The fraction of sp³-hybridized carbons (Fsp3) is 0.486. The summed E-state index contributed by atoms with van der Waals surface area (Å²) >= 11 is 0. The van der Waals surface area contributed by atoms with Gasteiger partial charge in [0.1, 0.15) is 5.75 Å². The quantitative estimate of drug-likeness (QED) is 0.231. The summed E-state index contributed by atoms with van der Waals surface area (Å²) in [5, 5.41) is 17.5. The van der Waals surface area contributed by atoms with Crippen molar-refractivity contribution >= 4 is 40.0 Å². The molecule has 3 aromatic rings. The van der Waals surface area contributed by atoms with Gasteiger partial charge in [0, 0.05) is 50.2 Å². The predicted molar refractivity (Wildman–Crippen MR) is 186 cm³/mol. The zero-order chi connectivity index (χ0) is 36.4. The lowest BCUT2D eigenvalue weighted by Crippen LogP contribution is -2.48. The zero-order valence-corrected chi connectivity index (χ0v) is 29.0. The summed E-state index contributed by atoms with van der Waals surface area (Å²) in [7, 11) is 1.68. The first-order chi connectivity index (χ1) is 23.8. The predicted octanol–water partition coefficient (Wildman–Crippen LogP) is 7.08. The van der Waals surface area contributed by atoms with Crippen LogP contribution in [-0.4, -0.2) is 90.5 Å². The van der Waals surface area contributed by atoms with E-state index < -0.39 is 43.0 Å². The van der Waals surface area contributed by atoms with Crippen LogP contribution in [0.5, 0.6) is 5.75 Å². The number of fused-ring (bicyclic) bond motifs is 2. The van der Waals surface area contributed by atoms with E-state index in [0.717, 1.165) is 23.6 Å². The molecule has 0 unspecified atom stereocenters. The topological polar surface area (TPSA) is 120 Å². The van der Waals surface area contributed by atoms with Crippen molar-refractivity contribution in [3.8, 4) is 5.75 Å². The number of anilines is 2. The molecule has 1 heterocycles. The Morgan fingerprint density at radius 2 is 1.80 bits per heavy atom. The number of nitrogens with one attached hydrogen (secondary N) is 2. The van der Waals surface area contributed by atoms with Gasteiger partial charge in [-0.1, -0.05) is 43.3 Å². The Kier molecular flexibility index (Phi) is 13.5. The van der Waals surface area contributed by atoms with Gasteiger partial charge >= 0.3 is 12.2 Å². The molecule has 272 valence electrons. The molecular formula is C37H47F3N4O6. The number of halogens is 3. The number of urea groups is 1. The van der Waals surface area contributed by atoms with Crippen LogP contribution in [0, 0.1) is 5.92 Å². The fourth-order valence-corrected chi connectivity index (χ4v) is 5.84. The summed E-state index contributed by atoms with van der Waals surface area (Å²) < 4.78 is 50.6. The molecule has 4 atom stereocenters. The van der Waals surface area contributed by atoms with E-state index in [2.05, 4.69) is 10.6 Å². The second kappa shape index (κ2) is 17.5. The number of alkyl halides is 3. The molecule has 0 spiro atoms. The van der Waals surface area contributed by atoms with E-state index in [4.69, 9.17) is 9.47 Å². The lowest BCUT2D eigenvalue weighted by Gasteiger charge is -2.35. The molecule has 0 saturated heterocycles. The van der Waals surface area contributed by atoms with Crippen LogP contribution in [0.4, 0.5) is 29.3 Å². The number of aliphatic hydroxyl groups is 1. The van der Waals surface area contributed by atoms with E-state index in [1.165, 1.54) is 23.1 Å².